The summed E-state index contributed by atoms with van der Waals surface area (Å²) in [6.07, 6.45) is 0.815. The van der Waals surface area contributed by atoms with Gasteiger partial charge in [-0.15, -0.1) is 11.3 Å². The molecule has 1 aromatic heterocycles. The molecule has 0 aliphatic carbocycles. The molecular formula is C21H18FN3O2S. The lowest BCUT2D eigenvalue weighted by Crippen LogP contribution is -2.20. The van der Waals surface area contributed by atoms with Crippen LogP contribution in [0.25, 0.3) is 10.6 Å². The fourth-order valence-electron chi connectivity index (χ4n) is 3.24. The Kier molecular flexibility index (Phi) is 4.68. The number of carbonyl (C=O) groups is 2. The summed E-state index contributed by atoms with van der Waals surface area (Å²) in [6.45, 7) is 4.02. The van der Waals surface area contributed by atoms with Gasteiger partial charge in [0.05, 0.1) is 5.69 Å². The van der Waals surface area contributed by atoms with Crippen LogP contribution in [0.3, 0.4) is 0 Å². The average Bonchev–Trinajstić information content (AvgIpc) is 3.12. The first-order valence-corrected chi connectivity index (χ1v) is 9.75. The second-order valence-corrected chi connectivity index (χ2v) is 7.71. The highest BCUT2D eigenvalue weighted by atomic mass is 32.1. The molecule has 0 unspecified atom stereocenters. The van der Waals surface area contributed by atoms with E-state index in [1.165, 1.54) is 23.5 Å². The molecule has 0 radical (unpaired) electrons. The molecule has 4 rings (SSSR count). The third kappa shape index (κ3) is 3.53. The van der Waals surface area contributed by atoms with Crippen LogP contribution in [-0.4, -0.2) is 16.8 Å². The van der Waals surface area contributed by atoms with Crippen LogP contribution in [0.5, 0.6) is 0 Å². The van der Waals surface area contributed by atoms with Crippen molar-refractivity contribution in [3.63, 3.8) is 0 Å². The smallest absolute Gasteiger partial charge is 0.275 e. The Bertz CT molecular complexity index is 1110. The lowest BCUT2D eigenvalue weighted by Gasteiger charge is -2.18. The van der Waals surface area contributed by atoms with Crippen LogP contribution in [-0.2, 0) is 11.2 Å². The molecular weight excluding hydrogens is 377 g/mol. The van der Waals surface area contributed by atoms with E-state index < -0.39 is 11.7 Å². The predicted molar refractivity (Wildman–Crippen MR) is 108 cm³/mol. The van der Waals surface area contributed by atoms with E-state index >= 15 is 0 Å². The van der Waals surface area contributed by atoms with Crippen LogP contribution < -0.4 is 10.6 Å². The maximum atomic E-state index is 14.4. The fourth-order valence-corrected chi connectivity index (χ4v) is 4.13. The van der Waals surface area contributed by atoms with Crippen molar-refractivity contribution in [1.29, 1.82) is 0 Å². The Morgan fingerprint density at radius 2 is 2.04 bits per heavy atom. The van der Waals surface area contributed by atoms with Gasteiger partial charge in [0.15, 0.2) is 0 Å². The molecule has 0 saturated carbocycles. The van der Waals surface area contributed by atoms with Crippen molar-refractivity contribution in [2.75, 3.05) is 10.6 Å². The van der Waals surface area contributed by atoms with Crippen molar-refractivity contribution in [2.45, 2.75) is 26.7 Å². The van der Waals surface area contributed by atoms with Crippen molar-refractivity contribution in [1.82, 2.24) is 4.98 Å². The molecule has 2 N–H and O–H groups in total. The molecule has 0 fully saturated rings. The molecule has 2 amide bonds. The SMILES string of the molecule is Cc1ccc(-c2nc(C(=O)Nc3cc4c(cc3F)CCC(=O)N4)cs2)c(C)c1. The topological polar surface area (TPSA) is 71.1 Å². The Balaban J connectivity index is 1.57. The Morgan fingerprint density at radius 1 is 1.21 bits per heavy atom. The molecule has 1 aliphatic rings. The average molecular weight is 395 g/mol. The third-order valence-corrected chi connectivity index (χ3v) is 5.56. The fraction of sp³-hybridized carbons (Fsp3) is 0.190. The van der Waals surface area contributed by atoms with Crippen molar-refractivity contribution < 1.29 is 14.0 Å². The number of hydrogen-bond acceptors (Lipinski definition) is 4. The molecule has 2 aromatic carbocycles. The van der Waals surface area contributed by atoms with Gasteiger partial charge < -0.3 is 10.6 Å². The second-order valence-electron chi connectivity index (χ2n) is 6.85. The lowest BCUT2D eigenvalue weighted by molar-refractivity contribution is -0.116. The Hall–Kier alpha value is -3.06. The van der Waals surface area contributed by atoms with Crippen LogP contribution >= 0.6 is 11.3 Å². The van der Waals surface area contributed by atoms with Crippen molar-refractivity contribution >= 4 is 34.5 Å². The van der Waals surface area contributed by atoms with E-state index in [0.717, 1.165) is 27.3 Å². The van der Waals surface area contributed by atoms with E-state index in [-0.39, 0.29) is 17.3 Å². The molecule has 142 valence electrons. The Labute approximate surface area is 165 Å². The van der Waals surface area contributed by atoms with Crippen LogP contribution in [0.1, 0.15) is 33.6 Å². The monoisotopic (exact) mass is 395 g/mol. The zero-order valence-corrected chi connectivity index (χ0v) is 16.2. The van der Waals surface area contributed by atoms with E-state index in [2.05, 4.69) is 21.7 Å². The standard InChI is InChI=1S/C21H18FN3O2S/c1-11-3-5-14(12(2)7-11)21-25-18(10-28-21)20(27)24-17-9-16-13(8-15(17)22)4-6-19(26)23-16/h3,5,7-10H,4,6H2,1-2H3,(H,23,26)(H,24,27). The number of aryl methyl sites for hydroxylation is 3. The van der Waals surface area contributed by atoms with Gasteiger partial charge in [0.2, 0.25) is 5.91 Å². The summed E-state index contributed by atoms with van der Waals surface area (Å²) in [7, 11) is 0. The first kappa shape index (κ1) is 18.3. The maximum Gasteiger partial charge on any atom is 0.275 e. The molecule has 28 heavy (non-hydrogen) atoms. The minimum Gasteiger partial charge on any atom is -0.326 e. The van der Waals surface area contributed by atoms with Gasteiger partial charge >= 0.3 is 0 Å². The summed E-state index contributed by atoms with van der Waals surface area (Å²) in [5, 5.41) is 7.66. The lowest BCUT2D eigenvalue weighted by atomic mass is 10.0. The summed E-state index contributed by atoms with van der Waals surface area (Å²) >= 11 is 1.37. The normalized spacial score (nSPS) is 13.0. The highest BCUT2D eigenvalue weighted by Crippen LogP contribution is 2.30. The van der Waals surface area contributed by atoms with Crippen LogP contribution in [0.2, 0.25) is 0 Å². The minimum absolute atomic E-state index is 0.0204. The van der Waals surface area contributed by atoms with E-state index in [4.69, 9.17) is 0 Å². The van der Waals surface area contributed by atoms with Gasteiger partial charge in [-0.1, -0.05) is 23.8 Å². The van der Waals surface area contributed by atoms with Gasteiger partial charge in [0, 0.05) is 23.1 Å². The summed E-state index contributed by atoms with van der Waals surface area (Å²) in [5.41, 5.74) is 4.71. The number of carbonyl (C=O) groups excluding carboxylic acids is 2. The van der Waals surface area contributed by atoms with Crippen molar-refractivity contribution in [3.05, 3.63) is 63.9 Å². The first-order chi connectivity index (χ1) is 13.4. The number of nitrogens with one attached hydrogen (secondary N) is 2. The first-order valence-electron chi connectivity index (χ1n) is 8.87. The zero-order chi connectivity index (χ0) is 19.8. The second kappa shape index (κ2) is 7.16. The maximum absolute atomic E-state index is 14.4. The van der Waals surface area contributed by atoms with Crippen LogP contribution in [0.4, 0.5) is 15.8 Å². The summed E-state index contributed by atoms with van der Waals surface area (Å²) in [4.78, 5) is 28.5. The van der Waals surface area contributed by atoms with Crippen molar-refractivity contribution in [2.24, 2.45) is 0 Å². The van der Waals surface area contributed by atoms with E-state index in [0.29, 0.717) is 18.5 Å². The van der Waals surface area contributed by atoms with Gasteiger partial charge in [0.25, 0.3) is 5.91 Å². The number of amides is 2. The minimum atomic E-state index is -0.534. The van der Waals surface area contributed by atoms with Gasteiger partial charge in [-0.3, -0.25) is 9.59 Å². The highest BCUT2D eigenvalue weighted by Gasteiger charge is 2.20. The van der Waals surface area contributed by atoms with Gasteiger partial charge in [0.1, 0.15) is 16.5 Å². The summed E-state index contributed by atoms with van der Waals surface area (Å²) < 4.78 is 14.4. The van der Waals surface area contributed by atoms with Gasteiger partial charge in [-0.05, 0) is 43.5 Å². The molecule has 0 bridgehead atoms. The number of nitrogens with zero attached hydrogens (tertiary/aromatic N) is 1. The summed E-state index contributed by atoms with van der Waals surface area (Å²) in [6, 6.07) is 8.86. The number of anilines is 2. The molecule has 0 saturated heterocycles. The largest absolute Gasteiger partial charge is 0.326 e. The number of fused-ring (bicyclic) bond motifs is 1. The number of thiazole rings is 1. The summed E-state index contributed by atoms with van der Waals surface area (Å²) in [5.74, 6) is -1.14. The quantitative estimate of drug-likeness (QED) is 0.675. The molecule has 3 aromatic rings. The van der Waals surface area contributed by atoms with Crippen molar-refractivity contribution in [3.8, 4) is 10.6 Å². The molecule has 5 nitrogen and oxygen atoms in total. The molecule has 1 aliphatic heterocycles. The number of halogens is 1. The molecule has 2 heterocycles. The number of benzene rings is 2. The number of aromatic nitrogens is 1. The molecule has 0 atom stereocenters. The predicted octanol–water partition coefficient (Wildman–Crippen LogP) is 4.70. The molecule has 0 spiro atoms. The van der Waals surface area contributed by atoms with Crippen LogP contribution in [0, 0.1) is 19.7 Å². The van der Waals surface area contributed by atoms with Crippen LogP contribution in [0.15, 0.2) is 35.7 Å². The zero-order valence-electron chi connectivity index (χ0n) is 15.4. The third-order valence-electron chi connectivity index (χ3n) is 4.69. The van der Waals surface area contributed by atoms with E-state index in [1.54, 1.807) is 5.38 Å². The molecule has 7 heteroatoms. The van der Waals surface area contributed by atoms with Gasteiger partial charge in [-0.2, -0.15) is 0 Å². The Morgan fingerprint density at radius 3 is 2.82 bits per heavy atom. The van der Waals surface area contributed by atoms with E-state index in [1.807, 2.05) is 26.0 Å². The number of rotatable bonds is 3. The highest BCUT2D eigenvalue weighted by molar-refractivity contribution is 7.13. The van der Waals surface area contributed by atoms with E-state index in [9.17, 15) is 14.0 Å². The number of hydrogen-bond donors (Lipinski definition) is 2. The van der Waals surface area contributed by atoms with Gasteiger partial charge in [-0.25, -0.2) is 9.37 Å².